The van der Waals surface area contributed by atoms with E-state index < -0.39 is 0 Å². The summed E-state index contributed by atoms with van der Waals surface area (Å²) < 4.78 is 5.42. The molecule has 0 radical (unpaired) electrons. The van der Waals surface area contributed by atoms with Crippen LogP contribution in [0.5, 0.6) is 0 Å². The summed E-state index contributed by atoms with van der Waals surface area (Å²) in [4.78, 5) is 20.3. The maximum Gasteiger partial charge on any atom is 0.237 e. The number of piperazine rings is 1. The van der Waals surface area contributed by atoms with E-state index in [1.807, 2.05) is 18.2 Å². The van der Waals surface area contributed by atoms with Crippen molar-refractivity contribution in [2.75, 3.05) is 65.6 Å². The predicted octanol–water partition coefficient (Wildman–Crippen LogP) is 1.28. The van der Waals surface area contributed by atoms with E-state index >= 15 is 0 Å². The molecule has 0 aromatic heterocycles. The lowest BCUT2D eigenvalue weighted by molar-refractivity contribution is -0.129. The molecule has 1 aromatic rings. The van der Waals surface area contributed by atoms with Gasteiger partial charge in [0.25, 0.3) is 0 Å². The molecule has 1 unspecified atom stereocenters. The fourth-order valence-corrected chi connectivity index (χ4v) is 4.15. The highest BCUT2D eigenvalue weighted by Gasteiger charge is 2.31. The van der Waals surface area contributed by atoms with Crippen molar-refractivity contribution in [3.63, 3.8) is 0 Å². The molecule has 2 aliphatic heterocycles. The monoisotopic (exact) mass is 388 g/mol. The van der Waals surface area contributed by atoms with E-state index in [1.165, 1.54) is 0 Å². The van der Waals surface area contributed by atoms with Crippen molar-refractivity contribution < 1.29 is 9.53 Å². The lowest BCUT2D eigenvalue weighted by atomic mass is 10.0. The fourth-order valence-electron chi connectivity index (χ4n) is 4.15. The van der Waals surface area contributed by atoms with Gasteiger partial charge >= 0.3 is 0 Å². The lowest BCUT2D eigenvalue weighted by Gasteiger charge is -2.40. The van der Waals surface area contributed by atoms with Gasteiger partial charge in [-0.05, 0) is 11.5 Å². The Morgan fingerprint density at radius 3 is 2.18 bits per heavy atom. The van der Waals surface area contributed by atoms with Crippen LogP contribution in [0.2, 0.25) is 0 Å². The Hall–Kier alpha value is -1.47. The van der Waals surface area contributed by atoms with E-state index in [2.05, 4.69) is 46.0 Å². The third kappa shape index (κ3) is 6.27. The number of rotatable bonds is 8. The van der Waals surface area contributed by atoms with E-state index in [4.69, 9.17) is 4.74 Å². The minimum atomic E-state index is -0.0508. The van der Waals surface area contributed by atoms with Crippen LogP contribution in [0.25, 0.3) is 0 Å². The molecule has 2 fully saturated rings. The Morgan fingerprint density at radius 2 is 1.57 bits per heavy atom. The molecule has 1 aromatic carbocycles. The molecule has 2 aliphatic rings. The Labute approximate surface area is 169 Å². The van der Waals surface area contributed by atoms with Crippen molar-refractivity contribution in [1.82, 2.24) is 20.0 Å². The molecule has 1 N–H and O–H groups in total. The van der Waals surface area contributed by atoms with E-state index in [9.17, 15) is 4.79 Å². The van der Waals surface area contributed by atoms with Gasteiger partial charge in [-0.3, -0.25) is 19.5 Å². The summed E-state index contributed by atoms with van der Waals surface area (Å²) in [5, 5.41) is 3.14. The van der Waals surface area contributed by atoms with Crippen LogP contribution < -0.4 is 5.32 Å². The van der Waals surface area contributed by atoms with Gasteiger partial charge < -0.3 is 10.1 Å². The minimum Gasteiger partial charge on any atom is -0.379 e. The molecule has 2 heterocycles. The van der Waals surface area contributed by atoms with Crippen molar-refractivity contribution in [1.29, 1.82) is 0 Å². The first-order valence-electron chi connectivity index (χ1n) is 10.7. The van der Waals surface area contributed by atoms with Gasteiger partial charge in [0.05, 0.1) is 19.3 Å². The Bertz CT molecular complexity index is 581. The van der Waals surface area contributed by atoms with Crippen LogP contribution in [0.15, 0.2) is 30.3 Å². The zero-order chi connectivity index (χ0) is 19.8. The zero-order valence-corrected chi connectivity index (χ0v) is 17.5. The number of hydrogen-bond acceptors (Lipinski definition) is 5. The largest absolute Gasteiger partial charge is 0.379 e. The van der Waals surface area contributed by atoms with Gasteiger partial charge in [0.2, 0.25) is 5.91 Å². The molecule has 6 heteroatoms. The fraction of sp³-hybridized carbons (Fsp3) is 0.682. The summed E-state index contributed by atoms with van der Waals surface area (Å²) in [5.41, 5.74) is 1.14. The number of ether oxygens (including phenoxy) is 1. The van der Waals surface area contributed by atoms with E-state index in [-0.39, 0.29) is 11.9 Å². The highest BCUT2D eigenvalue weighted by Crippen LogP contribution is 2.15. The second kappa shape index (κ2) is 10.9. The van der Waals surface area contributed by atoms with Gasteiger partial charge in [0.1, 0.15) is 0 Å². The first-order chi connectivity index (χ1) is 13.6. The number of carbonyl (C=O) groups is 1. The smallest absolute Gasteiger partial charge is 0.237 e. The van der Waals surface area contributed by atoms with Crippen molar-refractivity contribution in [2.24, 2.45) is 5.92 Å². The Morgan fingerprint density at radius 1 is 0.964 bits per heavy atom. The SMILES string of the molecule is CC(C)C(C(=O)NCc1ccccc1)N1CCN(CCN2CCOCC2)CC1. The summed E-state index contributed by atoms with van der Waals surface area (Å²) in [6.45, 7) is 15.0. The van der Waals surface area contributed by atoms with Gasteiger partial charge in [-0.25, -0.2) is 0 Å². The number of carbonyl (C=O) groups excluding carboxylic acids is 1. The highest BCUT2D eigenvalue weighted by molar-refractivity contribution is 5.82. The number of morpholine rings is 1. The Kier molecular flexibility index (Phi) is 8.27. The zero-order valence-electron chi connectivity index (χ0n) is 17.5. The first-order valence-corrected chi connectivity index (χ1v) is 10.7. The van der Waals surface area contributed by atoms with Crippen LogP contribution in [0.3, 0.4) is 0 Å². The molecule has 1 amide bonds. The van der Waals surface area contributed by atoms with Crippen molar-refractivity contribution in [2.45, 2.75) is 26.4 Å². The topological polar surface area (TPSA) is 48.1 Å². The number of hydrogen-bond donors (Lipinski definition) is 1. The van der Waals surface area contributed by atoms with Crippen molar-refractivity contribution in [3.8, 4) is 0 Å². The molecule has 0 spiro atoms. The molecule has 2 saturated heterocycles. The van der Waals surface area contributed by atoms with E-state index in [1.54, 1.807) is 0 Å². The predicted molar refractivity (Wildman–Crippen MR) is 112 cm³/mol. The normalized spacial score (nSPS) is 21.0. The second-order valence-corrected chi connectivity index (χ2v) is 8.22. The van der Waals surface area contributed by atoms with Gasteiger partial charge in [-0.2, -0.15) is 0 Å². The third-order valence-electron chi connectivity index (χ3n) is 5.85. The maximum absolute atomic E-state index is 12.9. The number of nitrogens with zero attached hydrogens (tertiary/aromatic N) is 3. The molecule has 3 rings (SSSR count). The molecular weight excluding hydrogens is 352 g/mol. The molecule has 0 saturated carbocycles. The highest BCUT2D eigenvalue weighted by atomic mass is 16.5. The Balaban J connectivity index is 1.43. The molecule has 6 nitrogen and oxygen atoms in total. The van der Waals surface area contributed by atoms with Crippen LogP contribution >= 0.6 is 0 Å². The lowest BCUT2D eigenvalue weighted by Crippen LogP contribution is -2.57. The van der Waals surface area contributed by atoms with Crippen LogP contribution in [0.4, 0.5) is 0 Å². The second-order valence-electron chi connectivity index (χ2n) is 8.22. The molecular formula is C22H36N4O2. The number of amides is 1. The number of benzene rings is 1. The van der Waals surface area contributed by atoms with Gasteiger partial charge in [-0.15, -0.1) is 0 Å². The van der Waals surface area contributed by atoms with Gasteiger partial charge in [0.15, 0.2) is 0 Å². The van der Waals surface area contributed by atoms with Gasteiger partial charge in [-0.1, -0.05) is 44.2 Å². The average Bonchev–Trinajstić information content (AvgIpc) is 2.73. The van der Waals surface area contributed by atoms with Crippen LogP contribution in [0.1, 0.15) is 19.4 Å². The quantitative estimate of drug-likeness (QED) is 0.727. The van der Waals surface area contributed by atoms with Crippen molar-refractivity contribution in [3.05, 3.63) is 35.9 Å². The van der Waals surface area contributed by atoms with Crippen molar-refractivity contribution >= 4 is 5.91 Å². The summed E-state index contributed by atoms with van der Waals surface area (Å²) >= 11 is 0. The van der Waals surface area contributed by atoms with Crippen LogP contribution in [-0.4, -0.2) is 92.2 Å². The standard InChI is InChI=1S/C22H36N4O2/c1-19(2)21(22(27)23-18-20-6-4-3-5-7-20)26-12-10-24(11-13-26)8-9-25-14-16-28-17-15-25/h3-7,19,21H,8-18H2,1-2H3,(H,23,27). The minimum absolute atomic E-state index is 0.0508. The van der Waals surface area contributed by atoms with Crippen LogP contribution in [0, 0.1) is 5.92 Å². The maximum atomic E-state index is 12.9. The summed E-state index contributed by atoms with van der Waals surface area (Å²) in [6, 6.07) is 10.1. The van der Waals surface area contributed by atoms with Crippen LogP contribution in [-0.2, 0) is 16.1 Å². The van der Waals surface area contributed by atoms with E-state index in [0.29, 0.717) is 12.5 Å². The summed E-state index contributed by atoms with van der Waals surface area (Å²) in [6.07, 6.45) is 0. The number of nitrogens with one attached hydrogen (secondary N) is 1. The molecule has 156 valence electrons. The average molecular weight is 389 g/mol. The molecule has 0 bridgehead atoms. The molecule has 28 heavy (non-hydrogen) atoms. The summed E-state index contributed by atoms with van der Waals surface area (Å²) in [7, 11) is 0. The first kappa shape index (κ1) is 21.2. The third-order valence-corrected chi connectivity index (χ3v) is 5.85. The molecule has 0 aliphatic carbocycles. The van der Waals surface area contributed by atoms with Gasteiger partial charge in [0, 0.05) is 58.9 Å². The molecule has 1 atom stereocenters. The van der Waals surface area contributed by atoms with E-state index in [0.717, 1.165) is 71.1 Å². The summed E-state index contributed by atoms with van der Waals surface area (Å²) in [5.74, 6) is 0.455.